The average Bonchev–Trinajstić information content (AvgIpc) is 2.62. The van der Waals surface area contributed by atoms with Crippen LogP contribution in [0.3, 0.4) is 0 Å². The predicted octanol–water partition coefficient (Wildman–Crippen LogP) is 4.57. The number of ketones is 1. The molecule has 0 fully saturated rings. The van der Waals surface area contributed by atoms with Crippen LogP contribution in [0.4, 0.5) is 17.1 Å². The van der Waals surface area contributed by atoms with E-state index < -0.39 is 4.92 Å². The fraction of sp³-hybridized carbons (Fsp3) is 0. The molecule has 0 amide bonds. The minimum atomic E-state index is -0.479. The molecule has 5 nitrogen and oxygen atoms in total. The van der Waals surface area contributed by atoms with E-state index in [0.29, 0.717) is 16.8 Å². The summed E-state index contributed by atoms with van der Waals surface area (Å²) in [5.41, 5.74) is 2.00. The molecule has 0 aliphatic carbocycles. The Hall–Kier alpha value is -3.47. The second-order valence-electron chi connectivity index (χ2n) is 5.17. The third-order valence-electron chi connectivity index (χ3n) is 3.55. The highest BCUT2D eigenvalue weighted by Crippen LogP contribution is 2.27. The molecule has 3 aromatic rings. The number of hydrogen-bond acceptors (Lipinski definition) is 4. The third kappa shape index (κ3) is 3.30. The van der Waals surface area contributed by atoms with Gasteiger partial charge in [-0.25, -0.2) is 0 Å². The quantitative estimate of drug-likeness (QED) is 0.425. The zero-order valence-corrected chi connectivity index (χ0v) is 12.7. The first kappa shape index (κ1) is 15.4. The number of benzene rings is 3. The summed E-state index contributed by atoms with van der Waals surface area (Å²) in [6, 6.07) is 22.2. The largest absolute Gasteiger partial charge is 0.355 e. The molecule has 0 heterocycles. The van der Waals surface area contributed by atoms with Crippen LogP contribution in [0.25, 0.3) is 0 Å². The summed E-state index contributed by atoms with van der Waals surface area (Å²) in [5, 5.41) is 14.1. The van der Waals surface area contributed by atoms with E-state index in [2.05, 4.69) is 5.32 Å². The number of carbonyl (C=O) groups is 1. The Morgan fingerprint density at radius 2 is 1.50 bits per heavy atom. The molecule has 5 heteroatoms. The molecule has 0 saturated carbocycles. The van der Waals surface area contributed by atoms with Crippen LogP contribution >= 0.6 is 0 Å². The second kappa shape index (κ2) is 6.75. The van der Waals surface area contributed by atoms with Crippen molar-refractivity contribution in [3.05, 3.63) is 100 Å². The van der Waals surface area contributed by atoms with Crippen molar-refractivity contribution in [2.45, 2.75) is 0 Å². The maximum atomic E-state index is 12.7. The van der Waals surface area contributed by atoms with Crippen molar-refractivity contribution >= 4 is 22.8 Å². The summed E-state index contributed by atoms with van der Waals surface area (Å²) in [6.07, 6.45) is 0. The molecule has 0 aliphatic rings. The van der Waals surface area contributed by atoms with E-state index in [-0.39, 0.29) is 11.5 Å². The van der Waals surface area contributed by atoms with E-state index >= 15 is 0 Å². The molecule has 0 aliphatic heterocycles. The van der Waals surface area contributed by atoms with Gasteiger partial charge in [-0.15, -0.1) is 0 Å². The number of nitro groups is 1. The number of nitrogens with one attached hydrogen (secondary N) is 1. The second-order valence-corrected chi connectivity index (χ2v) is 5.17. The Labute approximate surface area is 138 Å². The smallest absolute Gasteiger partial charge is 0.271 e. The zero-order valence-electron chi connectivity index (χ0n) is 12.7. The third-order valence-corrected chi connectivity index (χ3v) is 3.55. The number of anilines is 2. The number of para-hydroxylation sites is 1. The predicted molar refractivity (Wildman–Crippen MR) is 92.7 cm³/mol. The Morgan fingerprint density at radius 1 is 0.875 bits per heavy atom. The minimum Gasteiger partial charge on any atom is -0.355 e. The molecule has 0 unspecified atom stereocenters. The van der Waals surface area contributed by atoms with Gasteiger partial charge in [-0.1, -0.05) is 48.5 Å². The monoisotopic (exact) mass is 318 g/mol. The minimum absolute atomic E-state index is 0.0713. The molecule has 0 atom stereocenters. The van der Waals surface area contributed by atoms with E-state index in [1.54, 1.807) is 24.3 Å². The van der Waals surface area contributed by atoms with Crippen LogP contribution in [0, 0.1) is 10.1 Å². The van der Waals surface area contributed by atoms with Crippen molar-refractivity contribution in [3.63, 3.8) is 0 Å². The van der Waals surface area contributed by atoms with Crippen LogP contribution < -0.4 is 5.32 Å². The maximum absolute atomic E-state index is 12.7. The van der Waals surface area contributed by atoms with Crippen LogP contribution in [-0.4, -0.2) is 10.7 Å². The SMILES string of the molecule is O=C(c1ccccc1)c1ccc([N+](=O)[O-])cc1Nc1ccccc1. The van der Waals surface area contributed by atoms with Gasteiger partial charge in [0, 0.05) is 28.9 Å². The van der Waals surface area contributed by atoms with Gasteiger partial charge < -0.3 is 5.32 Å². The Balaban J connectivity index is 2.05. The summed E-state index contributed by atoms with van der Waals surface area (Å²) in [4.78, 5) is 23.3. The van der Waals surface area contributed by atoms with E-state index in [1.165, 1.54) is 18.2 Å². The fourth-order valence-electron chi connectivity index (χ4n) is 2.37. The van der Waals surface area contributed by atoms with Crippen LogP contribution in [-0.2, 0) is 0 Å². The van der Waals surface area contributed by atoms with Crippen molar-refractivity contribution in [1.82, 2.24) is 0 Å². The maximum Gasteiger partial charge on any atom is 0.271 e. The summed E-state index contributed by atoms with van der Waals surface area (Å²) in [7, 11) is 0. The first-order chi connectivity index (χ1) is 11.6. The Morgan fingerprint density at radius 3 is 2.12 bits per heavy atom. The number of nitrogens with zero attached hydrogens (tertiary/aromatic N) is 1. The Kier molecular flexibility index (Phi) is 4.34. The van der Waals surface area contributed by atoms with Crippen molar-refractivity contribution < 1.29 is 9.72 Å². The van der Waals surface area contributed by atoms with Crippen LogP contribution in [0.1, 0.15) is 15.9 Å². The topological polar surface area (TPSA) is 72.2 Å². The number of rotatable bonds is 5. The molecule has 0 spiro atoms. The highest BCUT2D eigenvalue weighted by atomic mass is 16.6. The Bertz CT molecular complexity index is 878. The zero-order chi connectivity index (χ0) is 16.9. The van der Waals surface area contributed by atoms with Crippen molar-refractivity contribution in [2.24, 2.45) is 0 Å². The lowest BCUT2D eigenvalue weighted by Crippen LogP contribution is -2.06. The first-order valence-electron chi connectivity index (χ1n) is 7.35. The average molecular weight is 318 g/mol. The molecule has 1 N–H and O–H groups in total. The molecule has 118 valence electrons. The number of nitro benzene ring substituents is 1. The van der Waals surface area contributed by atoms with E-state index in [4.69, 9.17) is 0 Å². The van der Waals surface area contributed by atoms with Gasteiger partial charge in [0.1, 0.15) is 0 Å². The highest BCUT2D eigenvalue weighted by Gasteiger charge is 2.17. The molecule has 0 radical (unpaired) electrons. The molecular formula is C19H14N2O3. The molecule has 24 heavy (non-hydrogen) atoms. The molecule has 0 aromatic heterocycles. The van der Waals surface area contributed by atoms with Gasteiger partial charge >= 0.3 is 0 Å². The van der Waals surface area contributed by atoms with Crippen molar-refractivity contribution in [2.75, 3.05) is 5.32 Å². The van der Waals surface area contributed by atoms with Gasteiger partial charge in [-0.2, -0.15) is 0 Å². The number of hydrogen-bond donors (Lipinski definition) is 1. The lowest BCUT2D eigenvalue weighted by molar-refractivity contribution is -0.384. The van der Waals surface area contributed by atoms with Crippen LogP contribution in [0.2, 0.25) is 0 Å². The molecule has 0 saturated heterocycles. The first-order valence-corrected chi connectivity index (χ1v) is 7.35. The van der Waals surface area contributed by atoms with Gasteiger partial charge in [-0.3, -0.25) is 14.9 Å². The number of non-ortho nitro benzene ring substituents is 1. The molecular weight excluding hydrogens is 304 g/mol. The van der Waals surface area contributed by atoms with Crippen molar-refractivity contribution in [1.29, 1.82) is 0 Å². The van der Waals surface area contributed by atoms with Gasteiger partial charge in [0.15, 0.2) is 5.78 Å². The van der Waals surface area contributed by atoms with Gasteiger partial charge in [0.25, 0.3) is 5.69 Å². The summed E-state index contributed by atoms with van der Waals surface area (Å²) >= 11 is 0. The van der Waals surface area contributed by atoms with Gasteiger partial charge in [0.05, 0.1) is 10.6 Å². The lowest BCUT2D eigenvalue weighted by atomic mass is 10.0. The van der Waals surface area contributed by atoms with Crippen LogP contribution in [0.5, 0.6) is 0 Å². The van der Waals surface area contributed by atoms with Crippen LogP contribution in [0.15, 0.2) is 78.9 Å². The lowest BCUT2D eigenvalue weighted by Gasteiger charge is -2.11. The summed E-state index contributed by atoms with van der Waals surface area (Å²) in [6.45, 7) is 0. The molecule has 0 bridgehead atoms. The van der Waals surface area contributed by atoms with Gasteiger partial charge in [-0.05, 0) is 18.2 Å². The fourth-order valence-corrected chi connectivity index (χ4v) is 2.37. The standard InChI is InChI=1S/C19H14N2O3/c22-19(14-7-3-1-4-8-14)17-12-11-16(21(23)24)13-18(17)20-15-9-5-2-6-10-15/h1-13,20H. The van der Waals surface area contributed by atoms with Gasteiger partial charge in [0.2, 0.25) is 0 Å². The van der Waals surface area contributed by atoms with E-state index in [0.717, 1.165) is 5.69 Å². The van der Waals surface area contributed by atoms with E-state index in [9.17, 15) is 14.9 Å². The number of carbonyl (C=O) groups excluding carboxylic acids is 1. The van der Waals surface area contributed by atoms with Crippen molar-refractivity contribution in [3.8, 4) is 0 Å². The summed E-state index contributed by atoms with van der Waals surface area (Å²) < 4.78 is 0. The molecule has 3 rings (SSSR count). The highest BCUT2D eigenvalue weighted by molar-refractivity contribution is 6.12. The normalized spacial score (nSPS) is 10.2. The summed E-state index contributed by atoms with van der Waals surface area (Å²) in [5.74, 6) is -0.191. The molecule has 3 aromatic carbocycles. The van der Waals surface area contributed by atoms with E-state index in [1.807, 2.05) is 36.4 Å².